The van der Waals surface area contributed by atoms with Crippen molar-refractivity contribution >= 4 is 41.7 Å². The number of thioether (sulfide) groups is 1. The van der Waals surface area contributed by atoms with Gasteiger partial charge in [0.2, 0.25) is 0 Å². The Bertz CT molecular complexity index is 243. The molecule has 0 radical (unpaired) electrons. The lowest BCUT2D eigenvalue weighted by molar-refractivity contribution is 0.660. The first-order valence-electron chi connectivity index (χ1n) is 5.51. The zero-order valence-corrected chi connectivity index (χ0v) is 14.0. The molecular weight excluding hydrogens is 333 g/mol. The van der Waals surface area contributed by atoms with Crippen LogP contribution in [-0.2, 0) is 0 Å². The SMILES string of the molecule is CN=C(NCC(C)(C)SC)NC1CC1C.I. The summed E-state index contributed by atoms with van der Waals surface area (Å²) in [6, 6.07) is 0.633. The number of nitrogens with zero attached hydrogens (tertiary/aromatic N) is 1. The largest absolute Gasteiger partial charge is 0.355 e. The summed E-state index contributed by atoms with van der Waals surface area (Å²) in [4.78, 5) is 4.23. The molecule has 1 saturated carbocycles. The van der Waals surface area contributed by atoms with Crippen LogP contribution in [0.25, 0.3) is 0 Å². The number of halogens is 1. The van der Waals surface area contributed by atoms with Crippen LogP contribution >= 0.6 is 35.7 Å². The van der Waals surface area contributed by atoms with E-state index in [1.807, 2.05) is 18.8 Å². The maximum Gasteiger partial charge on any atom is 0.191 e. The van der Waals surface area contributed by atoms with E-state index in [1.165, 1.54) is 6.42 Å². The van der Waals surface area contributed by atoms with Crippen LogP contribution in [0.2, 0.25) is 0 Å². The lowest BCUT2D eigenvalue weighted by Crippen LogP contribution is -2.44. The van der Waals surface area contributed by atoms with Crippen molar-refractivity contribution in [3.05, 3.63) is 0 Å². The molecule has 0 aromatic rings. The van der Waals surface area contributed by atoms with E-state index in [-0.39, 0.29) is 28.7 Å². The van der Waals surface area contributed by atoms with Crippen LogP contribution in [0.3, 0.4) is 0 Å². The summed E-state index contributed by atoms with van der Waals surface area (Å²) >= 11 is 1.87. The molecule has 3 nitrogen and oxygen atoms in total. The van der Waals surface area contributed by atoms with E-state index in [1.54, 1.807) is 0 Å². The van der Waals surface area contributed by atoms with E-state index in [9.17, 15) is 0 Å². The molecule has 0 heterocycles. The Balaban J connectivity index is 0.00000225. The molecule has 0 bridgehead atoms. The first-order chi connectivity index (χ1) is 6.98. The molecule has 16 heavy (non-hydrogen) atoms. The van der Waals surface area contributed by atoms with Crippen LogP contribution in [0.15, 0.2) is 4.99 Å². The van der Waals surface area contributed by atoms with Crippen LogP contribution in [-0.4, -0.2) is 36.6 Å². The van der Waals surface area contributed by atoms with Gasteiger partial charge in [-0.2, -0.15) is 11.8 Å². The van der Waals surface area contributed by atoms with Crippen LogP contribution in [0.5, 0.6) is 0 Å². The van der Waals surface area contributed by atoms with Gasteiger partial charge in [-0.3, -0.25) is 4.99 Å². The molecule has 96 valence electrons. The minimum Gasteiger partial charge on any atom is -0.355 e. The molecule has 2 unspecified atom stereocenters. The van der Waals surface area contributed by atoms with E-state index in [4.69, 9.17) is 0 Å². The predicted molar refractivity (Wildman–Crippen MR) is 85.1 cm³/mol. The zero-order valence-electron chi connectivity index (χ0n) is 10.8. The lowest BCUT2D eigenvalue weighted by atomic mass is 10.2. The van der Waals surface area contributed by atoms with Crippen LogP contribution in [0, 0.1) is 5.92 Å². The minimum atomic E-state index is 0. The molecule has 2 N–H and O–H groups in total. The lowest BCUT2D eigenvalue weighted by Gasteiger charge is -2.23. The second-order valence-corrected chi connectivity index (χ2v) is 6.37. The van der Waals surface area contributed by atoms with Crippen molar-refractivity contribution in [1.29, 1.82) is 0 Å². The van der Waals surface area contributed by atoms with Gasteiger partial charge in [-0.15, -0.1) is 24.0 Å². The highest BCUT2D eigenvalue weighted by Gasteiger charge is 2.33. The molecular formula is C11H24IN3S. The first-order valence-corrected chi connectivity index (χ1v) is 6.73. The number of guanidine groups is 1. The fourth-order valence-corrected chi connectivity index (χ4v) is 1.48. The van der Waals surface area contributed by atoms with E-state index in [2.05, 4.69) is 42.7 Å². The van der Waals surface area contributed by atoms with E-state index < -0.39 is 0 Å². The third-order valence-corrected chi connectivity index (χ3v) is 4.14. The second-order valence-electron chi connectivity index (χ2n) is 4.85. The van der Waals surface area contributed by atoms with Gasteiger partial charge in [0.25, 0.3) is 0 Å². The van der Waals surface area contributed by atoms with Gasteiger partial charge in [0.15, 0.2) is 5.96 Å². The molecule has 0 spiro atoms. The molecule has 1 aliphatic carbocycles. The Hall–Kier alpha value is 0.350. The third-order valence-electron chi connectivity index (χ3n) is 2.89. The summed E-state index contributed by atoms with van der Waals surface area (Å²) in [7, 11) is 1.83. The summed E-state index contributed by atoms with van der Waals surface area (Å²) in [6.07, 6.45) is 3.41. The summed E-state index contributed by atoms with van der Waals surface area (Å²) in [6.45, 7) is 7.67. The maximum atomic E-state index is 4.23. The fraction of sp³-hybridized carbons (Fsp3) is 0.909. The summed E-state index contributed by atoms with van der Waals surface area (Å²) in [5.74, 6) is 1.74. The van der Waals surface area contributed by atoms with Gasteiger partial charge in [-0.25, -0.2) is 0 Å². The molecule has 5 heteroatoms. The normalized spacial score (nSPS) is 24.7. The average Bonchev–Trinajstić information content (AvgIpc) is 2.89. The predicted octanol–water partition coefficient (Wildman–Crippen LogP) is 2.32. The van der Waals surface area contributed by atoms with Crippen molar-refractivity contribution in [3.63, 3.8) is 0 Å². The minimum absolute atomic E-state index is 0. The standard InChI is InChI=1S/C11H23N3S.HI/c1-8-6-9(8)14-10(12-4)13-7-11(2,3)15-5;/h8-9H,6-7H2,1-5H3,(H2,12,13,14);1H. The summed E-state index contributed by atoms with van der Waals surface area (Å²) in [5, 5.41) is 6.79. The van der Waals surface area contributed by atoms with Crippen molar-refractivity contribution in [2.24, 2.45) is 10.9 Å². The molecule has 0 aliphatic heterocycles. The summed E-state index contributed by atoms with van der Waals surface area (Å²) in [5.41, 5.74) is 0. The van der Waals surface area contributed by atoms with Gasteiger partial charge in [0.1, 0.15) is 0 Å². The topological polar surface area (TPSA) is 36.4 Å². The molecule has 1 aliphatic rings. The maximum absolute atomic E-state index is 4.23. The highest BCUT2D eigenvalue weighted by molar-refractivity contribution is 14.0. The number of hydrogen-bond donors (Lipinski definition) is 2. The van der Waals surface area contributed by atoms with Gasteiger partial charge in [0.05, 0.1) is 0 Å². The molecule has 1 rings (SSSR count). The van der Waals surface area contributed by atoms with Crippen molar-refractivity contribution in [2.75, 3.05) is 19.8 Å². The quantitative estimate of drug-likeness (QED) is 0.461. The third kappa shape index (κ3) is 5.61. The number of hydrogen-bond acceptors (Lipinski definition) is 2. The zero-order chi connectivity index (χ0) is 11.5. The van der Waals surface area contributed by atoms with Gasteiger partial charge in [-0.05, 0) is 32.4 Å². The Morgan fingerprint density at radius 1 is 1.50 bits per heavy atom. The molecule has 2 atom stereocenters. The van der Waals surface area contributed by atoms with Crippen molar-refractivity contribution in [3.8, 4) is 0 Å². The number of nitrogens with one attached hydrogen (secondary N) is 2. The van der Waals surface area contributed by atoms with Crippen molar-refractivity contribution in [2.45, 2.75) is 38.0 Å². The Kier molecular flexibility index (Phi) is 7.09. The van der Waals surface area contributed by atoms with Gasteiger partial charge in [0, 0.05) is 24.4 Å². The Labute approximate surface area is 121 Å². The second kappa shape index (κ2) is 6.93. The van der Waals surface area contributed by atoms with Crippen LogP contribution in [0.1, 0.15) is 27.2 Å². The first kappa shape index (κ1) is 16.4. The van der Waals surface area contributed by atoms with E-state index in [0.29, 0.717) is 6.04 Å². The van der Waals surface area contributed by atoms with Crippen LogP contribution in [0.4, 0.5) is 0 Å². The van der Waals surface area contributed by atoms with E-state index >= 15 is 0 Å². The summed E-state index contributed by atoms with van der Waals surface area (Å²) < 4.78 is 0.257. The average molecular weight is 357 g/mol. The smallest absolute Gasteiger partial charge is 0.191 e. The van der Waals surface area contributed by atoms with Gasteiger partial charge < -0.3 is 10.6 Å². The molecule has 0 saturated heterocycles. The van der Waals surface area contributed by atoms with Crippen molar-refractivity contribution in [1.82, 2.24) is 10.6 Å². The van der Waals surface area contributed by atoms with Gasteiger partial charge in [-0.1, -0.05) is 6.92 Å². The Morgan fingerprint density at radius 2 is 2.06 bits per heavy atom. The fourth-order valence-electron chi connectivity index (χ4n) is 1.26. The Morgan fingerprint density at radius 3 is 2.44 bits per heavy atom. The number of aliphatic imine (C=N–C) groups is 1. The molecule has 0 aromatic carbocycles. The van der Waals surface area contributed by atoms with E-state index in [0.717, 1.165) is 18.4 Å². The van der Waals surface area contributed by atoms with Crippen molar-refractivity contribution < 1.29 is 0 Å². The van der Waals surface area contributed by atoms with Gasteiger partial charge >= 0.3 is 0 Å². The molecule has 1 fully saturated rings. The highest BCUT2D eigenvalue weighted by atomic mass is 127. The molecule has 0 amide bonds. The number of rotatable bonds is 4. The molecule has 0 aromatic heterocycles. The monoisotopic (exact) mass is 357 g/mol. The highest BCUT2D eigenvalue weighted by Crippen LogP contribution is 2.28. The van der Waals surface area contributed by atoms with Crippen LogP contribution < -0.4 is 10.6 Å².